The zero-order valence-corrected chi connectivity index (χ0v) is 15.0. The second-order valence-electron chi connectivity index (χ2n) is 7.03. The third-order valence-electron chi connectivity index (χ3n) is 4.87. The standard InChI is InChI=1S/C22H24FNO/c1-5-15-6-8-16(9-7-15)19-13-21(25-22(19,3)4)14(2)18-12-17(23)10-11-20(18)24/h5-6,8,10-13H,1,7,9,24H2,2-4H3/b21-14-. The van der Waals surface area contributed by atoms with Crippen LogP contribution in [-0.4, -0.2) is 5.60 Å². The highest BCUT2D eigenvalue weighted by atomic mass is 19.1. The van der Waals surface area contributed by atoms with Gasteiger partial charge in [-0.15, -0.1) is 0 Å². The summed E-state index contributed by atoms with van der Waals surface area (Å²) >= 11 is 0. The third kappa shape index (κ3) is 3.32. The number of ether oxygens (including phenoxy) is 1. The summed E-state index contributed by atoms with van der Waals surface area (Å²) in [4.78, 5) is 0. The van der Waals surface area contributed by atoms with Crippen LogP contribution in [0.1, 0.15) is 39.2 Å². The van der Waals surface area contributed by atoms with Crippen LogP contribution in [0, 0.1) is 5.82 Å². The molecule has 0 atom stereocenters. The molecule has 1 aliphatic heterocycles. The maximum absolute atomic E-state index is 13.6. The molecule has 0 bridgehead atoms. The molecule has 2 N–H and O–H groups in total. The zero-order chi connectivity index (χ0) is 18.2. The molecule has 0 saturated heterocycles. The van der Waals surface area contributed by atoms with Gasteiger partial charge in [0.15, 0.2) is 0 Å². The molecule has 0 fully saturated rings. The van der Waals surface area contributed by atoms with Crippen LogP contribution in [-0.2, 0) is 4.74 Å². The summed E-state index contributed by atoms with van der Waals surface area (Å²) < 4.78 is 19.8. The number of halogens is 1. The predicted molar refractivity (Wildman–Crippen MR) is 102 cm³/mol. The second kappa shape index (κ2) is 6.40. The number of anilines is 1. The number of nitrogen functional groups attached to an aromatic ring is 1. The van der Waals surface area contributed by atoms with E-state index in [-0.39, 0.29) is 5.82 Å². The van der Waals surface area contributed by atoms with E-state index in [1.165, 1.54) is 23.3 Å². The Labute approximate surface area is 148 Å². The summed E-state index contributed by atoms with van der Waals surface area (Å²) in [6, 6.07) is 4.41. The Morgan fingerprint density at radius 3 is 2.68 bits per heavy atom. The molecule has 2 nitrogen and oxygen atoms in total. The van der Waals surface area contributed by atoms with E-state index in [0.29, 0.717) is 11.3 Å². The molecule has 1 heterocycles. The molecule has 1 aliphatic carbocycles. The van der Waals surface area contributed by atoms with Crippen molar-refractivity contribution in [2.45, 2.75) is 39.2 Å². The predicted octanol–water partition coefficient (Wildman–Crippen LogP) is 5.71. The van der Waals surface area contributed by atoms with E-state index in [1.54, 1.807) is 6.07 Å². The van der Waals surface area contributed by atoms with Crippen molar-refractivity contribution in [1.82, 2.24) is 0 Å². The summed E-state index contributed by atoms with van der Waals surface area (Å²) in [6.07, 6.45) is 10.2. The molecule has 130 valence electrons. The van der Waals surface area contributed by atoms with Gasteiger partial charge in [-0.3, -0.25) is 0 Å². The lowest BCUT2D eigenvalue weighted by molar-refractivity contribution is 0.0963. The largest absolute Gasteiger partial charge is 0.483 e. The molecular weight excluding hydrogens is 313 g/mol. The van der Waals surface area contributed by atoms with Crippen molar-refractivity contribution in [3.05, 3.63) is 82.9 Å². The summed E-state index contributed by atoms with van der Waals surface area (Å²) in [5.74, 6) is 0.444. The van der Waals surface area contributed by atoms with Crippen molar-refractivity contribution in [3.63, 3.8) is 0 Å². The highest BCUT2D eigenvalue weighted by molar-refractivity contribution is 5.77. The Kier molecular flexibility index (Phi) is 4.42. The molecule has 0 spiro atoms. The fraction of sp³-hybridized carbons (Fsp3) is 0.273. The van der Waals surface area contributed by atoms with Crippen LogP contribution in [0.3, 0.4) is 0 Å². The van der Waals surface area contributed by atoms with Crippen LogP contribution in [0.2, 0.25) is 0 Å². The van der Waals surface area contributed by atoms with Crippen molar-refractivity contribution in [1.29, 1.82) is 0 Å². The van der Waals surface area contributed by atoms with Gasteiger partial charge in [0.25, 0.3) is 0 Å². The fourth-order valence-corrected chi connectivity index (χ4v) is 3.36. The van der Waals surface area contributed by atoms with E-state index >= 15 is 0 Å². The summed E-state index contributed by atoms with van der Waals surface area (Å²) in [5.41, 5.74) is 11.4. The van der Waals surface area contributed by atoms with Crippen LogP contribution in [0.4, 0.5) is 10.1 Å². The molecule has 0 radical (unpaired) electrons. The van der Waals surface area contributed by atoms with E-state index in [1.807, 2.05) is 13.0 Å². The van der Waals surface area contributed by atoms with Crippen LogP contribution in [0.5, 0.6) is 0 Å². The lowest BCUT2D eigenvalue weighted by Gasteiger charge is -2.26. The van der Waals surface area contributed by atoms with Gasteiger partial charge >= 0.3 is 0 Å². The van der Waals surface area contributed by atoms with Crippen LogP contribution in [0.25, 0.3) is 5.57 Å². The SMILES string of the molecule is C=CC1=CC=C(C2=C/C(=C(\C)c3cc(F)ccc3N)OC2(C)C)CC1. The Morgan fingerprint density at radius 1 is 1.28 bits per heavy atom. The Bertz CT molecular complexity index is 853. The van der Waals surface area contributed by atoms with E-state index in [0.717, 1.165) is 29.7 Å². The maximum atomic E-state index is 13.6. The number of allylic oxidation sites excluding steroid dienone is 6. The first-order chi connectivity index (χ1) is 11.8. The number of rotatable bonds is 3. The number of hydrogen-bond acceptors (Lipinski definition) is 2. The Morgan fingerprint density at radius 2 is 2.04 bits per heavy atom. The van der Waals surface area contributed by atoms with Gasteiger partial charge in [-0.1, -0.05) is 24.8 Å². The average molecular weight is 337 g/mol. The summed E-state index contributed by atoms with van der Waals surface area (Å²) in [6.45, 7) is 9.86. The van der Waals surface area contributed by atoms with Crippen molar-refractivity contribution < 1.29 is 9.13 Å². The van der Waals surface area contributed by atoms with Gasteiger partial charge in [0.2, 0.25) is 0 Å². The minimum Gasteiger partial charge on any atom is -0.483 e. The molecule has 0 aromatic heterocycles. The molecule has 1 aromatic rings. The molecule has 25 heavy (non-hydrogen) atoms. The van der Waals surface area contributed by atoms with E-state index in [2.05, 4.69) is 38.7 Å². The van der Waals surface area contributed by atoms with Gasteiger partial charge in [0, 0.05) is 22.4 Å². The Hall–Kier alpha value is -2.55. The van der Waals surface area contributed by atoms with Gasteiger partial charge in [0.1, 0.15) is 17.2 Å². The van der Waals surface area contributed by atoms with Gasteiger partial charge in [-0.05, 0) is 69.0 Å². The summed E-state index contributed by atoms with van der Waals surface area (Å²) in [7, 11) is 0. The van der Waals surface area contributed by atoms with E-state index in [9.17, 15) is 4.39 Å². The van der Waals surface area contributed by atoms with Crippen LogP contribution < -0.4 is 5.73 Å². The quantitative estimate of drug-likeness (QED) is 0.717. The van der Waals surface area contributed by atoms with Crippen molar-refractivity contribution in [2.24, 2.45) is 0 Å². The van der Waals surface area contributed by atoms with Gasteiger partial charge in [0.05, 0.1) is 0 Å². The molecule has 0 saturated carbocycles. The first-order valence-corrected chi connectivity index (χ1v) is 8.52. The van der Waals surface area contributed by atoms with E-state index < -0.39 is 5.60 Å². The third-order valence-corrected chi connectivity index (χ3v) is 4.87. The minimum atomic E-state index is -0.427. The highest BCUT2D eigenvalue weighted by Crippen LogP contribution is 2.42. The van der Waals surface area contributed by atoms with Crippen molar-refractivity contribution in [3.8, 4) is 0 Å². The molecular formula is C22H24FNO. The Balaban J connectivity index is 2.04. The van der Waals surface area contributed by atoms with Crippen LogP contribution in [0.15, 0.2) is 71.6 Å². The topological polar surface area (TPSA) is 35.2 Å². The highest BCUT2D eigenvalue weighted by Gasteiger charge is 2.35. The lowest BCUT2D eigenvalue weighted by atomic mass is 9.86. The van der Waals surface area contributed by atoms with E-state index in [4.69, 9.17) is 10.5 Å². The maximum Gasteiger partial charge on any atom is 0.129 e. The van der Waals surface area contributed by atoms with Gasteiger partial charge in [-0.25, -0.2) is 4.39 Å². The molecule has 0 amide bonds. The summed E-state index contributed by atoms with van der Waals surface area (Å²) in [5, 5.41) is 0. The lowest BCUT2D eigenvalue weighted by Crippen LogP contribution is -2.23. The fourth-order valence-electron chi connectivity index (χ4n) is 3.36. The zero-order valence-electron chi connectivity index (χ0n) is 15.0. The second-order valence-corrected chi connectivity index (χ2v) is 7.03. The molecule has 2 aliphatic rings. The van der Waals surface area contributed by atoms with Crippen molar-refractivity contribution >= 4 is 11.3 Å². The average Bonchev–Trinajstić information content (AvgIpc) is 2.92. The first-order valence-electron chi connectivity index (χ1n) is 8.52. The smallest absolute Gasteiger partial charge is 0.129 e. The van der Waals surface area contributed by atoms with Crippen molar-refractivity contribution in [2.75, 3.05) is 5.73 Å². The normalized spacial score (nSPS) is 21.0. The number of hydrogen-bond donors (Lipinski definition) is 1. The molecule has 3 heteroatoms. The van der Waals surface area contributed by atoms with Crippen LogP contribution >= 0.6 is 0 Å². The van der Waals surface area contributed by atoms with Gasteiger partial charge < -0.3 is 10.5 Å². The monoisotopic (exact) mass is 337 g/mol. The first kappa shape index (κ1) is 17.3. The molecule has 1 aromatic carbocycles. The molecule has 3 rings (SSSR count). The molecule has 0 unspecified atom stereocenters. The number of nitrogens with two attached hydrogens (primary N) is 1. The van der Waals surface area contributed by atoms with Gasteiger partial charge in [-0.2, -0.15) is 0 Å². The minimum absolute atomic E-state index is 0.303. The number of benzene rings is 1.